The highest BCUT2D eigenvalue weighted by atomic mass is 15.0. The zero-order valence-electron chi connectivity index (χ0n) is 6.54. The van der Waals surface area contributed by atoms with E-state index >= 15 is 0 Å². The minimum atomic E-state index is 1.06. The van der Waals surface area contributed by atoms with Gasteiger partial charge in [0.05, 0.1) is 0 Å². The van der Waals surface area contributed by atoms with Crippen LogP contribution in [0.25, 0.3) is 6.08 Å². The second-order valence-electron chi connectivity index (χ2n) is 1.99. The molecule has 2 rings (SSSR count). The van der Waals surface area contributed by atoms with Crippen LogP contribution in [0, 0.1) is 0 Å². The number of nitrogens with zero attached hydrogens (tertiary/aromatic N) is 1. The molecule has 0 spiro atoms. The zero-order chi connectivity index (χ0) is 7.40. The molecule has 1 aromatic rings. The van der Waals surface area contributed by atoms with E-state index in [4.69, 9.17) is 0 Å². The van der Waals surface area contributed by atoms with Crippen LogP contribution in [-0.2, 0) is 6.54 Å². The van der Waals surface area contributed by atoms with Gasteiger partial charge in [0.15, 0.2) is 0 Å². The van der Waals surface area contributed by atoms with Crippen LogP contribution in [0.4, 0.5) is 0 Å². The van der Waals surface area contributed by atoms with Gasteiger partial charge in [-0.2, -0.15) is 0 Å². The summed E-state index contributed by atoms with van der Waals surface area (Å²) in [4.78, 5) is 0. The van der Waals surface area contributed by atoms with Crippen molar-refractivity contribution in [3.63, 3.8) is 0 Å². The third kappa shape index (κ3) is 1.13. The molecule has 10 heavy (non-hydrogen) atoms. The summed E-state index contributed by atoms with van der Waals surface area (Å²) in [6.07, 6.45) is 6.39. The quantitative estimate of drug-likeness (QED) is 0.515. The monoisotopic (exact) mass is 135 g/mol. The second-order valence-corrected chi connectivity index (χ2v) is 1.99. The molecule has 0 atom stereocenters. The highest BCUT2D eigenvalue weighted by Crippen LogP contribution is 2.10. The van der Waals surface area contributed by atoms with Crippen LogP contribution >= 0.6 is 0 Å². The molecule has 0 aromatic carbocycles. The molecule has 1 aliphatic heterocycles. The van der Waals surface area contributed by atoms with E-state index in [9.17, 15) is 0 Å². The highest BCUT2D eigenvalue weighted by molar-refractivity contribution is 5.48. The first kappa shape index (κ1) is 7.13. The van der Waals surface area contributed by atoms with Gasteiger partial charge in [0.1, 0.15) is 0 Å². The largest absolute Gasteiger partial charge is 0.344 e. The molecule has 54 valence electrons. The summed E-state index contributed by atoms with van der Waals surface area (Å²) in [5, 5.41) is 0. The fourth-order valence-electron chi connectivity index (χ4n) is 1.03. The molecule has 0 fully saturated rings. The summed E-state index contributed by atoms with van der Waals surface area (Å²) >= 11 is 0. The fraction of sp³-hybridized carbons (Fsp3) is 0.333. The van der Waals surface area contributed by atoms with Crippen molar-refractivity contribution in [1.29, 1.82) is 0 Å². The van der Waals surface area contributed by atoms with Crippen LogP contribution in [0.1, 0.15) is 19.5 Å². The molecular formula is C9H13N. The third-order valence-corrected chi connectivity index (χ3v) is 1.46. The number of hydrogen-bond donors (Lipinski definition) is 0. The van der Waals surface area contributed by atoms with E-state index in [0.29, 0.717) is 0 Å². The number of rotatable bonds is 0. The van der Waals surface area contributed by atoms with Gasteiger partial charge in [-0.15, -0.1) is 0 Å². The molecule has 0 unspecified atom stereocenters. The average molecular weight is 135 g/mol. The second kappa shape index (κ2) is 3.25. The molecule has 0 radical (unpaired) electrons. The molecule has 0 aliphatic carbocycles. The molecule has 0 saturated carbocycles. The maximum Gasteiger partial charge on any atom is 0.0409 e. The van der Waals surface area contributed by atoms with E-state index in [1.165, 1.54) is 5.69 Å². The van der Waals surface area contributed by atoms with E-state index in [2.05, 4.69) is 35.0 Å². The van der Waals surface area contributed by atoms with Crippen LogP contribution in [0.2, 0.25) is 0 Å². The zero-order valence-corrected chi connectivity index (χ0v) is 6.54. The Kier molecular flexibility index (Phi) is 2.32. The average Bonchev–Trinajstić information content (AvgIpc) is 2.49. The topological polar surface area (TPSA) is 4.93 Å². The molecule has 1 aliphatic rings. The lowest BCUT2D eigenvalue weighted by molar-refractivity contribution is 0.847. The van der Waals surface area contributed by atoms with Gasteiger partial charge >= 0.3 is 0 Å². The Morgan fingerprint density at radius 3 is 2.90 bits per heavy atom. The highest BCUT2D eigenvalue weighted by Gasteiger charge is 1.98. The third-order valence-electron chi connectivity index (χ3n) is 1.46. The Hall–Kier alpha value is -0.980. The molecule has 1 aromatic heterocycles. The first-order chi connectivity index (χ1) is 4.97. The van der Waals surface area contributed by atoms with Gasteiger partial charge in [-0.1, -0.05) is 19.9 Å². The number of allylic oxidation sites excluding steroid dienone is 1. The van der Waals surface area contributed by atoms with E-state index in [-0.39, 0.29) is 0 Å². The van der Waals surface area contributed by atoms with Crippen molar-refractivity contribution in [3.8, 4) is 0 Å². The van der Waals surface area contributed by atoms with Crippen LogP contribution < -0.4 is 0 Å². The number of fused-ring (bicyclic) bond motifs is 1. The van der Waals surface area contributed by atoms with Crippen LogP contribution in [-0.4, -0.2) is 4.57 Å². The van der Waals surface area contributed by atoms with Crippen molar-refractivity contribution >= 4 is 6.08 Å². The Morgan fingerprint density at radius 1 is 1.40 bits per heavy atom. The van der Waals surface area contributed by atoms with Gasteiger partial charge in [0.25, 0.3) is 0 Å². The van der Waals surface area contributed by atoms with Crippen molar-refractivity contribution in [2.24, 2.45) is 0 Å². The number of hydrogen-bond acceptors (Lipinski definition) is 0. The molecule has 0 saturated heterocycles. The van der Waals surface area contributed by atoms with Crippen LogP contribution in [0.3, 0.4) is 0 Å². The van der Waals surface area contributed by atoms with Crippen molar-refractivity contribution in [2.45, 2.75) is 20.4 Å². The van der Waals surface area contributed by atoms with E-state index < -0.39 is 0 Å². The Labute approximate surface area is 62.0 Å². The van der Waals surface area contributed by atoms with E-state index in [0.717, 1.165) is 6.54 Å². The van der Waals surface area contributed by atoms with Crippen LogP contribution in [0.15, 0.2) is 24.4 Å². The van der Waals surface area contributed by atoms with Gasteiger partial charge in [0, 0.05) is 18.4 Å². The summed E-state index contributed by atoms with van der Waals surface area (Å²) in [6, 6.07) is 4.18. The molecular weight excluding hydrogens is 122 g/mol. The summed E-state index contributed by atoms with van der Waals surface area (Å²) in [5.74, 6) is 0. The van der Waals surface area contributed by atoms with Crippen molar-refractivity contribution in [3.05, 3.63) is 30.1 Å². The lowest BCUT2D eigenvalue weighted by Gasteiger charge is -1.90. The van der Waals surface area contributed by atoms with Gasteiger partial charge in [-0.3, -0.25) is 0 Å². The lowest BCUT2D eigenvalue weighted by Crippen LogP contribution is -1.86. The number of aromatic nitrogens is 1. The molecule has 2 heterocycles. The first-order valence-electron chi connectivity index (χ1n) is 3.78. The van der Waals surface area contributed by atoms with Gasteiger partial charge < -0.3 is 4.57 Å². The Bertz CT molecular complexity index is 220. The van der Waals surface area contributed by atoms with Gasteiger partial charge in [0.2, 0.25) is 0 Å². The summed E-state index contributed by atoms with van der Waals surface area (Å²) < 4.78 is 2.21. The molecule has 1 heteroatoms. The molecule has 1 nitrogen and oxygen atoms in total. The predicted octanol–water partition coefficient (Wildman–Crippen LogP) is 2.54. The standard InChI is InChI=1S/C7H7N.C2H6/c1-3-7-4-2-6-8(7)5-1;1-2/h1-5H,6H2;1-2H3. The summed E-state index contributed by atoms with van der Waals surface area (Å²) in [7, 11) is 0. The summed E-state index contributed by atoms with van der Waals surface area (Å²) in [6.45, 7) is 5.06. The van der Waals surface area contributed by atoms with Gasteiger partial charge in [-0.25, -0.2) is 0 Å². The maximum absolute atomic E-state index is 2.21. The van der Waals surface area contributed by atoms with E-state index in [1.54, 1.807) is 0 Å². The first-order valence-corrected chi connectivity index (χ1v) is 3.78. The fourth-order valence-corrected chi connectivity index (χ4v) is 1.03. The van der Waals surface area contributed by atoms with E-state index in [1.807, 2.05) is 13.8 Å². The van der Waals surface area contributed by atoms with Crippen molar-refractivity contribution in [2.75, 3.05) is 0 Å². The predicted molar refractivity (Wildman–Crippen MR) is 44.8 cm³/mol. The minimum absolute atomic E-state index is 1.06. The Morgan fingerprint density at radius 2 is 2.20 bits per heavy atom. The smallest absolute Gasteiger partial charge is 0.0409 e. The Balaban J connectivity index is 0.000000231. The van der Waals surface area contributed by atoms with Gasteiger partial charge in [-0.05, 0) is 18.2 Å². The molecule has 0 N–H and O–H groups in total. The lowest BCUT2D eigenvalue weighted by atomic mass is 10.4. The van der Waals surface area contributed by atoms with Crippen molar-refractivity contribution in [1.82, 2.24) is 4.57 Å². The SMILES string of the molecule is C1=Cc2cccn2C1.CC. The van der Waals surface area contributed by atoms with Crippen LogP contribution in [0.5, 0.6) is 0 Å². The van der Waals surface area contributed by atoms with Crippen molar-refractivity contribution < 1.29 is 0 Å². The summed E-state index contributed by atoms with van der Waals surface area (Å²) in [5.41, 5.74) is 1.32. The molecule has 0 amide bonds. The minimum Gasteiger partial charge on any atom is -0.344 e. The molecule has 0 bridgehead atoms. The normalized spacial score (nSPS) is 12.2. The maximum atomic E-state index is 2.21.